The van der Waals surface area contributed by atoms with Gasteiger partial charge in [0.05, 0.1) is 4.92 Å². The van der Waals surface area contributed by atoms with Crippen LogP contribution in [0.4, 0.5) is 18.9 Å². The molecule has 0 unspecified atom stereocenters. The Morgan fingerprint density at radius 3 is 2.60 bits per heavy atom. The maximum atomic E-state index is 13.2. The smallest absolute Gasteiger partial charge is 0.326 e. The van der Waals surface area contributed by atoms with E-state index in [2.05, 4.69) is 4.98 Å². The monoisotopic (exact) mass is 221 g/mol. The van der Waals surface area contributed by atoms with Crippen molar-refractivity contribution in [2.24, 2.45) is 5.73 Å². The van der Waals surface area contributed by atoms with Crippen LogP contribution < -0.4 is 5.73 Å². The van der Waals surface area contributed by atoms with Crippen LogP contribution in [-0.2, 0) is 6.54 Å². The zero-order valence-electron chi connectivity index (χ0n) is 7.28. The molecule has 0 radical (unpaired) electrons. The fraction of sp³-hybridized carbons (Fsp3) is 0.286. The van der Waals surface area contributed by atoms with Crippen molar-refractivity contribution in [1.29, 1.82) is 0 Å². The van der Waals surface area contributed by atoms with Crippen molar-refractivity contribution in [3.05, 3.63) is 33.4 Å². The Hall–Kier alpha value is -1.70. The molecule has 82 valence electrons. The lowest BCUT2D eigenvalue weighted by molar-refractivity contribution is -0.389. The average molecular weight is 221 g/mol. The Morgan fingerprint density at radius 1 is 1.60 bits per heavy atom. The van der Waals surface area contributed by atoms with Gasteiger partial charge in [0, 0.05) is 18.3 Å². The predicted octanol–water partition coefficient (Wildman–Crippen LogP) is 1.53. The number of hydrogen-bond acceptors (Lipinski definition) is 4. The van der Waals surface area contributed by atoms with E-state index in [4.69, 9.17) is 5.73 Å². The minimum absolute atomic E-state index is 0.272. The molecule has 1 aromatic heterocycles. The maximum Gasteiger partial charge on any atom is 0.332 e. The molecule has 0 saturated carbocycles. The molecule has 1 heterocycles. The summed E-state index contributed by atoms with van der Waals surface area (Å²) in [6.45, 7) is -0.344. The van der Waals surface area contributed by atoms with E-state index in [0.717, 1.165) is 6.20 Å². The van der Waals surface area contributed by atoms with Gasteiger partial charge in [-0.2, -0.15) is 4.39 Å². The number of alkyl halides is 2. The fourth-order valence-electron chi connectivity index (χ4n) is 1.01. The first kappa shape index (κ1) is 11.4. The summed E-state index contributed by atoms with van der Waals surface area (Å²) in [4.78, 5) is 12.3. The molecule has 0 aliphatic rings. The normalized spacial score (nSPS) is 10.7. The van der Waals surface area contributed by atoms with E-state index in [1.807, 2.05) is 0 Å². The van der Waals surface area contributed by atoms with E-state index in [9.17, 15) is 23.3 Å². The summed E-state index contributed by atoms with van der Waals surface area (Å²) in [6, 6.07) is 0. The summed E-state index contributed by atoms with van der Waals surface area (Å²) >= 11 is 0. The number of halogens is 3. The molecule has 5 nitrogen and oxygen atoms in total. The molecule has 0 aliphatic carbocycles. The molecule has 0 atom stereocenters. The minimum Gasteiger partial charge on any atom is -0.326 e. The zero-order valence-corrected chi connectivity index (χ0v) is 7.28. The van der Waals surface area contributed by atoms with Crippen LogP contribution in [-0.4, -0.2) is 9.91 Å². The second kappa shape index (κ2) is 4.22. The van der Waals surface area contributed by atoms with Gasteiger partial charge < -0.3 is 5.73 Å². The van der Waals surface area contributed by atoms with Crippen LogP contribution in [0.25, 0.3) is 0 Å². The second-order valence-electron chi connectivity index (χ2n) is 2.59. The van der Waals surface area contributed by atoms with Gasteiger partial charge in [-0.15, -0.1) is 0 Å². The molecule has 2 N–H and O–H groups in total. The second-order valence-corrected chi connectivity index (χ2v) is 2.59. The van der Waals surface area contributed by atoms with E-state index in [1.54, 1.807) is 0 Å². The maximum absolute atomic E-state index is 13.2. The third-order valence-electron chi connectivity index (χ3n) is 1.70. The standard InChI is InChI=1S/C7H6F3N3O2/c8-4-3(1-11)2-12-5(7(9)10)6(4)13(14)15/h2,7H,1,11H2. The largest absolute Gasteiger partial charge is 0.332 e. The first-order valence-corrected chi connectivity index (χ1v) is 3.79. The highest BCUT2D eigenvalue weighted by Gasteiger charge is 2.29. The molecule has 8 heteroatoms. The predicted molar refractivity (Wildman–Crippen MR) is 43.7 cm³/mol. The van der Waals surface area contributed by atoms with Crippen LogP contribution >= 0.6 is 0 Å². The third kappa shape index (κ3) is 2.04. The molecule has 15 heavy (non-hydrogen) atoms. The molecule has 0 aromatic carbocycles. The van der Waals surface area contributed by atoms with E-state index in [1.165, 1.54) is 0 Å². The number of nitro groups is 1. The van der Waals surface area contributed by atoms with Crippen molar-refractivity contribution in [2.45, 2.75) is 13.0 Å². The van der Waals surface area contributed by atoms with Gasteiger partial charge in [-0.1, -0.05) is 0 Å². The SMILES string of the molecule is NCc1cnc(C(F)F)c([N+](=O)[O-])c1F. The molecular formula is C7H6F3N3O2. The lowest BCUT2D eigenvalue weighted by atomic mass is 10.2. The van der Waals surface area contributed by atoms with Crippen LogP contribution in [0, 0.1) is 15.9 Å². The van der Waals surface area contributed by atoms with Crippen molar-refractivity contribution in [3.63, 3.8) is 0 Å². The third-order valence-corrected chi connectivity index (χ3v) is 1.70. The molecule has 1 aromatic rings. The summed E-state index contributed by atoms with van der Waals surface area (Å²) in [5.74, 6) is -1.35. The highest BCUT2D eigenvalue weighted by Crippen LogP contribution is 2.30. The molecule has 0 saturated heterocycles. The molecule has 0 bridgehead atoms. The molecular weight excluding hydrogens is 215 g/mol. The fourth-order valence-corrected chi connectivity index (χ4v) is 1.01. The van der Waals surface area contributed by atoms with Gasteiger partial charge in [0.25, 0.3) is 6.43 Å². The Kier molecular flexibility index (Phi) is 3.20. The van der Waals surface area contributed by atoms with Crippen LogP contribution in [0.2, 0.25) is 0 Å². The summed E-state index contributed by atoms with van der Waals surface area (Å²) in [6.07, 6.45) is -2.43. The van der Waals surface area contributed by atoms with E-state index in [-0.39, 0.29) is 12.1 Å². The van der Waals surface area contributed by atoms with E-state index in [0.29, 0.717) is 0 Å². The lowest BCUT2D eigenvalue weighted by Gasteiger charge is -2.04. The highest BCUT2D eigenvalue weighted by atomic mass is 19.3. The number of hydrogen-bond donors (Lipinski definition) is 1. The van der Waals surface area contributed by atoms with Crippen molar-refractivity contribution in [1.82, 2.24) is 4.98 Å². The molecule has 0 amide bonds. The van der Waals surface area contributed by atoms with Crippen molar-refractivity contribution < 1.29 is 18.1 Å². The van der Waals surface area contributed by atoms with Gasteiger partial charge in [0.2, 0.25) is 5.82 Å². The number of aromatic nitrogens is 1. The topological polar surface area (TPSA) is 82.0 Å². The number of nitrogens with zero attached hydrogens (tertiary/aromatic N) is 2. The van der Waals surface area contributed by atoms with Crippen LogP contribution in [0.1, 0.15) is 17.7 Å². The van der Waals surface area contributed by atoms with Gasteiger partial charge in [-0.3, -0.25) is 10.1 Å². The number of nitrogens with two attached hydrogens (primary N) is 1. The van der Waals surface area contributed by atoms with Gasteiger partial charge in [-0.05, 0) is 0 Å². The highest BCUT2D eigenvalue weighted by molar-refractivity contribution is 5.40. The Morgan fingerprint density at radius 2 is 2.20 bits per heavy atom. The lowest BCUT2D eigenvalue weighted by Crippen LogP contribution is -2.08. The summed E-state index contributed by atoms with van der Waals surface area (Å²) in [5.41, 5.74) is 2.29. The van der Waals surface area contributed by atoms with Crippen molar-refractivity contribution in [2.75, 3.05) is 0 Å². The number of pyridine rings is 1. The Bertz CT molecular complexity index is 397. The average Bonchev–Trinajstić information content (AvgIpc) is 2.16. The van der Waals surface area contributed by atoms with Gasteiger partial charge >= 0.3 is 5.69 Å². The first-order chi connectivity index (χ1) is 6.99. The summed E-state index contributed by atoms with van der Waals surface area (Å²) in [7, 11) is 0. The Labute approximate surface area is 81.9 Å². The quantitative estimate of drug-likeness (QED) is 0.619. The van der Waals surface area contributed by atoms with Crippen LogP contribution in [0.15, 0.2) is 6.20 Å². The first-order valence-electron chi connectivity index (χ1n) is 3.79. The Balaban J connectivity index is 3.44. The number of rotatable bonds is 3. The molecule has 1 rings (SSSR count). The van der Waals surface area contributed by atoms with Gasteiger partial charge in [-0.25, -0.2) is 13.8 Å². The van der Waals surface area contributed by atoms with Gasteiger partial charge in [0.15, 0.2) is 5.69 Å². The zero-order chi connectivity index (χ0) is 11.6. The van der Waals surface area contributed by atoms with Crippen LogP contribution in [0.3, 0.4) is 0 Å². The molecule has 0 spiro atoms. The van der Waals surface area contributed by atoms with Crippen LogP contribution in [0.5, 0.6) is 0 Å². The van der Waals surface area contributed by atoms with Crippen molar-refractivity contribution in [3.8, 4) is 0 Å². The van der Waals surface area contributed by atoms with E-state index < -0.39 is 28.5 Å². The minimum atomic E-state index is -3.20. The molecule has 0 aliphatic heterocycles. The molecule has 0 fully saturated rings. The van der Waals surface area contributed by atoms with Gasteiger partial charge in [0.1, 0.15) is 0 Å². The summed E-state index contributed by atoms with van der Waals surface area (Å²) in [5, 5.41) is 10.4. The summed E-state index contributed by atoms with van der Waals surface area (Å²) < 4.78 is 37.7. The van der Waals surface area contributed by atoms with E-state index >= 15 is 0 Å². The van der Waals surface area contributed by atoms with Crippen molar-refractivity contribution >= 4 is 5.69 Å².